The molecular weight excluding hydrogens is 250 g/mol. The number of nitrogens with one attached hydrogen (secondary N) is 1. The second-order valence-electron chi connectivity index (χ2n) is 4.51. The molecule has 98 valence electrons. The zero-order valence-electron chi connectivity index (χ0n) is 10.7. The molecule has 0 radical (unpaired) electrons. The van der Waals surface area contributed by atoms with E-state index in [1.807, 2.05) is 60.7 Å². The maximum Gasteiger partial charge on any atom is 0.337 e. The number of hydrogen-bond acceptors (Lipinski definition) is 2. The van der Waals surface area contributed by atoms with Crippen LogP contribution in [0.1, 0.15) is 10.4 Å². The highest BCUT2D eigenvalue weighted by Gasteiger charge is 2.13. The van der Waals surface area contributed by atoms with Crippen LogP contribution in [0.25, 0.3) is 10.8 Å². The van der Waals surface area contributed by atoms with Crippen LogP contribution in [-0.4, -0.2) is 11.1 Å². The third kappa shape index (κ3) is 2.21. The lowest BCUT2D eigenvalue weighted by Gasteiger charge is -2.13. The zero-order chi connectivity index (χ0) is 13.9. The number of anilines is 2. The van der Waals surface area contributed by atoms with Gasteiger partial charge < -0.3 is 10.4 Å². The van der Waals surface area contributed by atoms with Crippen molar-refractivity contribution in [3.8, 4) is 0 Å². The molecule has 0 unspecified atom stereocenters. The molecule has 0 aliphatic heterocycles. The van der Waals surface area contributed by atoms with E-state index in [2.05, 4.69) is 5.32 Å². The average molecular weight is 263 g/mol. The number of carbonyl (C=O) groups is 1. The summed E-state index contributed by atoms with van der Waals surface area (Å²) in [6, 6.07) is 20.8. The summed E-state index contributed by atoms with van der Waals surface area (Å²) in [5.41, 5.74) is 1.76. The van der Waals surface area contributed by atoms with Crippen LogP contribution in [0.15, 0.2) is 66.7 Å². The predicted molar refractivity (Wildman–Crippen MR) is 80.6 cm³/mol. The highest BCUT2D eigenvalue weighted by molar-refractivity contribution is 6.06. The number of hydrogen-bond donors (Lipinski definition) is 2. The molecule has 0 aromatic heterocycles. The highest BCUT2D eigenvalue weighted by Crippen LogP contribution is 2.30. The van der Waals surface area contributed by atoms with Gasteiger partial charge in [-0.1, -0.05) is 48.5 Å². The van der Waals surface area contributed by atoms with Crippen molar-refractivity contribution in [2.75, 3.05) is 5.32 Å². The summed E-state index contributed by atoms with van der Waals surface area (Å²) in [4.78, 5) is 11.4. The normalized spacial score (nSPS) is 10.4. The molecule has 0 amide bonds. The van der Waals surface area contributed by atoms with Gasteiger partial charge in [-0.05, 0) is 23.6 Å². The molecule has 0 aliphatic rings. The van der Waals surface area contributed by atoms with Crippen molar-refractivity contribution in [3.05, 3.63) is 72.3 Å². The summed E-state index contributed by atoms with van der Waals surface area (Å²) in [6.45, 7) is 0. The van der Waals surface area contributed by atoms with Crippen LogP contribution >= 0.6 is 0 Å². The van der Waals surface area contributed by atoms with Crippen molar-refractivity contribution in [2.45, 2.75) is 0 Å². The molecule has 3 rings (SSSR count). The first-order chi connectivity index (χ1) is 9.75. The van der Waals surface area contributed by atoms with E-state index >= 15 is 0 Å². The Morgan fingerprint density at radius 2 is 1.55 bits per heavy atom. The van der Waals surface area contributed by atoms with Crippen LogP contribution in [-0.2, 0) is 0 Å². The van der Waals surface area contributed by atoms with Crippen LogP contribution in [0, 0.1) is 0 Å². The van der Waals surface area contributed by atoms with Gasteiger partial charge in [0.2, 0.25) is 0 Å². The molecule has 2 N–H and O–H groups in total. The smallest absolute Gasteiger partial charge is 0.337 e. The second kappa shape index (κ2) is 5.05. The Morgan fingerprint density at radius 1 is 0.850 bits per heavy atom. The fraction of sp³-hybridized carbons (Fsp3) is 0. The number of carboxylic acid groups (broad SMARTS) is 1. The number of carboxylic acids is 1. The first-order valence-electron chi connectivity index (χ1n) is 6.33. The molecule has 0 saturated carbocycles. The van der Waals surface area contributed by atoms with Gasteiger partial charge in [-0.15, -0.1) is 0 Å². The fourth-order valence-electron chi connectivity index (χ4n) is 2.25. The molecule has 0 spiro atoms. The molecule has 20 heavy (non-hydrogen) atoms. The standard InChI is InChI=1S/C17H13NO2/c19-17(20)15-11-10-12-6-4-5-9-14(12)16(15)18-13-7-2-1-3-8-13/h1-11,18H,(H,19,20). The van der Waals surface area contributed by atoms with Gasteiger partial charge in [-0.25, -0.2) is 4.79 Å². The minimum atomic E-state index is -0.936. The van der Waals surface area contributed by atoms with E-state index in [1.54, 1.807) is 6.07 Å². The minimum Gasteiger partial charge on any atom is -0.478 e. The summed E-state index contributed by atoms with van der Waals surface area (Å²) < 4.78 is 0. The summed E-state index contributed by atoms with van der Waals surface area (Å²) >= 11 is 0. The molecule has 0 atom stereocenters. The van der Waals surface area contributed by atoms with Gasteiger partial charge in [-0.2, -0.15) is 0 Å². The first-order valence-corrected chi connectivity index (χ1v) is 6.33. The molecular formula is C17H13NO2. The quantitative estimate of drug-likeness (QED) is 0.741. The Hall–Kier alpha value is -2.81. The number of fused-ring (bicyclic) bond motifs is 1. The van der Waals surface area contributed by atoms with E-state index in [-0.39, 0.29) is 5.56 Å². The third-order valence-electron chi connectivity index (χ3n) is 3.20. The van der Waals surface area contributed by atoms with E-state index in [0.29, 0.717) is 5.69 Å². The topological polar surface area (TPSA) is 49.3 Å². The van der Waals surface area contributed by atoms with Gasteiger partial charge >= 0.3 is 5.97 Å². The highest BCUT2D eigenvalue weighted by atomic mass is 16.4. The number of benzene rings is 3. The average Bonchev–Trinajstić information content (AvgIpc) is 2.48. The van der Waals surface area contributed by atoms with Gasteiger partial charge in [0.1, 0.15) is 0 Å². The number of para-hydroxylation sites is 1. The molecule has 0 saturated heterocycles. The van der Waals surface area contributed by atoms with Crippen molar-refractivity contribution < 1.29 is 9.90 Å². The Morgan fingerprint density at radius 3 is 2.30 bits per heavy atom. The van der Waals surface area contributed by atoms with Gasteiger partial charge in [0.05, 0.1) is 11.3 Å². The lowest BCUT2D eigenvalue weighted by Crippen LogP contribution is -2.03. The third-order valence-corrected chi connectivity index (χ3v) is 3.20. The minimum absolute atomic E-state index is 0.271. The predicted octanol–water partition coefficient (Wildman–Crippen LogP) is 4.28. The van der Waals surface area contributed by atoms with Crippen LogP contribution in [0.5, 0.6) is 0 Å². The van der Waals surface area contributed by atoms with Crippen LogP contribution in [0.2, 0.25) is 0 Å². The van der Waals surface area contributed by atoms with Gasteiger partial charge in [-0.3, -0.25) is 0 Å². The molecule has 0 heterocycles. The molecule has 3 nitrogen and oxygen atoms in total. The summed E-state index contributed by atoms with van der Waals surface area (Å²) in [5.74, 6) is -0.936. The number of aromatic carboxylic acids is 1. The van der Waals surface area contributed by atoms with E-state index in [1.165, 1.54) is 0 Å². The molecule has 0 bridgehead atoms. The summed E-state index contributed by atoms with van der Waals surface area (Å²) in [5, 5.41) is 14.5. The first kappa shape index (κ1) is 12.2. The molecule has 0 aliphatic carbocycles. The van der Waals surface area contributed by atoms with E-state index in [0.717, 1.165) is 16.5 Å². The van der Waals surface area contributed by atoms with E-state index < -0.39 is 5.97 Å². The van der Waals surface area contributed by atoms with Crippen LogP contribution < -0.4 is 5.32 Å². The second-order valence-corrected chi connectivity index (χ2v) is 4.51. The maximum absolute atomic E-state index is 11.4. The van der Waals surface area contributed by atoms with Crippen LogP contribution in [0.4, 0.5) is 11.4 Å². The number of rotatable bonds is 3. The zero-order valence-corrected chi connectivity index (χ0v) is 10.7. The van der Waals surface area contributed by atoms with Gasteiger partial charge in [0.25, 0.3) is 0 Å². The Labute approximate surface area is 116 Å². The molecule has 0 fully saturated rings. The molecule has 3 aromatic carbocycles. The lowest BCUT2D eigenvalue weighted by molar-refractivity contribution is 0.0698. The summed E-state index contributed by atoms with van der Waals surface area (Å²) in [7, 11) is 0. The van der Waals surface area contributed by atoms with Crippen LogP contribution in [0.3, 0.4) is 0 Å². The van der Waals surface area contributed by atoms with Crippen molar-refractivity contribution in [1.82, 2.24) is 0 Å². The molecule has 3 aromatic rings. The van der Waals surface area contributed by atoms with E-state index in [9.17, 15) is 9.90 Å². The Kier molecular flexibility index (Phi) is 3.09. The monoisotopic (exact) mass is 263 g/mol. The SMILES string of the molecule is O=C(O)c1ccc2ccccc2c1Nc1ccccc1. The largest absolute Gasteiger partial charge is 0.478 e. The van der Waals surface area contributed by atoms with Gasteiger partial charge in [0.15, 0.2) is 0 Å². The van der Waals surface area contributed by atoms with Crippen molar-refractivity contribution in [3.63, 3.8) is 0 Å². The Balaban J connectivity index is 2.20. The fourth-order valence-corrected chi connectivity index (χ4v) is 2.25. The van der Waals surface area contributed by atoms with E-state index in [4.69, 9.17) is 0 Å². The maximum atomic E-state index is 11.4. The van der Waals surface area contributed by atoms with Crippen molar-refractivity contribution >= 4 is 28.1 Å². The van der Waals surface area contributed by atoms with Crippen molar-refractivity contribution in [1.29, 1.82) is 0 Å². The van der Waals surface area contributed by atoms with Gasteiger partial charge in [0, 0.05) is 11.1 Å². The Bertz CT molecular complexity index is 766. The summed E-state index contributed by atoms with van der Waals surface area (Å²) in [6.07, 6.45) is 0. The lowest BCUT2D eigenvalue weighted by atomic mass is 10.0. The molecule has 3 heteroatoms. The van der Waals surface area contributed by atoms with Crippen molar-refractivity contribution in [2.24, 2.45) is 0 Å².